The molecule has 5 rings (SSSR count). The van der Waals surface area contributed by atoms with Crippen LogP contribution in [0.3, 0.4) is 0 Å². The Kier molecular flexibility index (Phi) is 6.44. The van der Waals surface area contributed by atoms with Gasteiger partial charge < -0.3 is 4.98 Å². The maximum atomic E-state index is 13.4. The number of aromatic amines is 1. The number of carbonyl (C=O) groups is 1. The van der Waals surface area contributed by atoms with E-state index in [1.165, 1.54) is 0 Å². The Morgan fingerprint density at radius 2 is 1.42 bits per heavy atom. The number of ketones is 1. The van der Waals surface area contributed by atoms with Gasteiger partial charge in [0.2, 0.25) is 0 Å². The number of aryl methyl sites for hydroxylation is 1. The molecule has 1 atom stereocenters. The topological polar surface area (TPSA) is 79.0 Å². The number of H-pyrrole nitrogens is 1. The van der Waals surface area contributed by atoms with Crippen molar-refractivity contribution in [3.05, 3.63) is 131 Å². The Morgan fingerprint density at radius 1 is 0.806 bits per heavy atom. The molecule has 180 valence electrons. The minimum Gasteiger partial charge on any atom is -0.341 e. The summed E-state index contributed by atoms with van der Waals surface area (Å²) in [5.41, 5.74) is 4.07. The van der Waals surface area contributed by atoms with E-state index in [1.807, 2.05) is 79.7 Å². The summed E-state index contributed by atoms with van der Waals surface area (Å²) in [7, 11) is -3.86. The molecule has 0 aliphatic heterocycles. The smallest absolute Gasteiger partial charge is 0.263 e. The van der Waals surface area contributed by atoms with E-state index in [1.54, 1.807) is 36.4 Å². The minimum absolute atomic E-state index is 0.0120. The highest BCUT2D eigenvalue weighted by Crippen LogP contribution is 2.40. The van der Waals surface area contributed by atoms with Crippen molar-refractivity contribution in [1.29, 1.82) is 0 Å². The second-order valence-corrected chi connectivity index (χ2v) is 10.5. The van der Waals surface area contributed by atoms with Crippen LogP contribution in [0.25, 0.3) is 10.9 Å². The van der Waals surface area contributed by atoms with E-state index in [0.717, 1.165) is 27.6 Å². The maximum absolute atomic E-state index is 13.4. The minimum atomic E-state index is -3.86. The molecule has 0 aliphatic rings. The third kappa shape index (κ3) is 4.81. The van der Waals surface area contributed by atoms with Crippen LogP contribution in [0.5, 0.6) is 0 Å². The lowest BCUT2D eigenvalue weighted by Crippen LogP contribution is -2.16. The van der Waals surface area contributed by atoms with Crippen molar-refractivity contribution in [1.82, 2.24) is 4.98 Å². The first-order valence-corrected chi connectivity index (χ1v) is 13.2. The van der Waals surface area contributed by atoms with E-state index in [0.29, 0.717) is 11.4 Å². The molecule has 0 amide bonds. The van der Waals surface area contributed by atoms with E-state index >= 15 is 0 Å². The summed E-state index contributed by atoms with van der Waals surface area (Å²) in [5.74, 6) is -0.0145. The largest absolute Gasteiger partial charge is 0.341 e. The van der Waals surface area contributed by atoms with E-state index in [9.17, 15) is 13.2 Å². The molecule has 1 aromatic heterocycles. The normalized spacial score (nSPS) is 12.4. The van der Waals surface area contributed by atoms with Crippen LogP contribution in [0.2, 0.25) is 0 Å². The van der Waals surface area contributed by atoms with Crippen LogP contribution in [0.1, 0.15) is 39.4 Å². The second-order valence-electron chi connectivity index (χ2n) is 8.83. The second kappa shape index (κ2) is 9.84. The van der Waals surface area contributed by atoms with E-state index < -0.39 is 10.0 Å². The van der Waals surface area contributed by atoms with Gasteiger partial charge >= 0.3 is 0 Å². The van der Waals surface area contributed by atoms with Gasteiger partial charge in [-0.3, -0.25) is 9.52 Å². The molecule has 0 spiro atoms. The first kappa shape index (κ1) is 23.6. The summed E-state index contributed by atoms with van der Waals surface area (Å²) in [6.45, 7) is 1.91. The third-order valence-corrected chi connectivity index (χ3v) is 7.72. The van der Waals surface area contributed by atoms with Crippen LogP contribution in [0.15, 0.2) is 114 Å². The molecule has 0 aliphatic carbocycles. The van der Waals surface area contributed by atoms with Gasteiger partial charge in [0, 0.05) is 34.4 Å². The van der Waals surface area contributed by atoms with Crippen molar-refractivity contribution in [3.63, 3.8) is 0 Å². The average Bonchev–Trinajstić information content (AvgIpc) is 3.25. The third-order valence-electron chi connectivity index (χ3n) is 6.35. The fourth-order valence-corrected chi connectivity index (χ4v) is 5.56. The first-order valence-electron chi connectivity index (χ1n) is 11.8. The van der Waals surface area contributed by atoms with Gasteiger partial charge in [0.1, 0.15) is 5.82 Å². The maximum Gasteiger partial charge on any atom is 0.263 e. The Morgan fingerprint density at radius 3 is 2.11 bits per heavy atom. The number of nitrogens with one attached hydrogen (secondary N) is 2. The lowest BCUT2D eigenvalue weighted by molar-refractivity contribution is 0.0978. The number of fused-ring (bicyclic) bond motifs is 1. The van der Waals surface area contributed by atoms with Gasteiger partial charge in [-0.05, 0) is 30.7 Å². The van der Waals surface area contributed by atoms with Gasteiger partial charge in [-0.2, -0.15) is 0 Å². The Hall–Kier alpha value is -4.16. The predicted octanol–water partition coefficient (Wildman–Crippen LogP) is 6.68. The molecule has 5 nitrogen and oxygen atoms in total. The fraction of sp³-hybridized carbons (Fsp3) is 0.100. The van der Waals surface area contributed by atoms with Gasteiger partial charge in [-0.1, -0.05) is 96.6 Å². The van der Waals surface area contributed by atoms with Crippen molar-refractivity contribution < 1.29 is 13.2 Å². The van der Waals surface area contributed by atoms with E-state index in [2.05, 4.69) is 9.71 Å². The molecule has 4 aromatic carbocycles. The highest BCUT2D eigenvalue weighted by atomic mass is 32.2. The molecular weight excluding hydrogens is 468 g/mol. The molecule has 0 fully saturated rings. The molecular formula is C30H26N2O3S. The van der Waals surface area contributed by atoms with Crippen molar-refractivity contribution in [2.75, 3.05) is 4.72 Å². The molecule has 1 heterocycles. The monoisotopic (exact) mass is 494 g/mol. The number of sulfonamides is 1. The van der Waals surface area contributed by atoms with E-state index in [-0.39, 0.29) is 23.0 Å². The van der Waals surface area contributed by atoms with Crippen LogP contribution in [0.4, 0.5) is 5.82 Å². The van der Waals surface area contributed by atoms with Gasteiger partial charge in [0.25, 0.3) is 10.0 Å². The zero-order chi connectivity index (χ0) is 25.1. The molecule has 0 bridgehead atoms. The number of benzene rings is 4. The molecule has 0 saturated heterocycles. The molecule has 6 heteroatoms. The molecule has 0 saturated carbocycles. The lowest BCUT2D eigenvalue weighted by atomic mass is 9.85. The number of Topliss-reactive ketones (excluding diaryl/α,β-unsaturated/α-hetero) is 1. The first-order chi connectivity index (χ1) is 17.4. The number of anilines is 1. The van der Waals surface area contributed by atoms with Crippen LogP contribution >= 0.6 is 0 Å². The standard InChI is InChI=1S/C30H26N2O3S/c1-21-16-18-24(19-17-21)36(34,35)32-30-29(25-14-8-9-15-27(25)31-30)26(22-10-4-2-5-11-22)20-28(33)23-12-6-3-7-13-23/h2-19,26,31-32H,20H2,1H3. The van der Waals surface area contributed by atoms with Gasteiger partial charge in [-0.15, -0.1) is 0 Å². The Balaban J connectivity index is 1.64. The number of hydrogen-bond acceptors (Lipinski definition) is 3. The zero-order valence-corrected chi connectivity index (χ0v) is 20.6. The van der Waals surface area contributed by atoms with Gasteiger partial charge in [-0.25, -0.2) is 8.42 Å². The van der Waals surface area contributed by atoms with E-state index in [4.69, 9.17) is 0 Å². The summed E-state index contributed by atoms with van der Waals surface area (Å²) in [4.78, 5) is 16.8. The van der Waals surface area contributed by atoms with Crippen molar-refractivity contribution >= 4 is 32.5 Å². The Labute approximate surface area is 210 Å². The molecule has 2 N–H and O–H groups in total. The Bertz CT molecular complexity index is 1610. The molecule has 1 unspecified atom stereocenters. The number of aromatic nitrogens is 1. The predicted molar refractivity (Wildman–Crippen MR) is 144 cm³/mol. The molecule has 5 aromatic rings. The van der Waals surface area contributed by atoms with Crippen LogP contribution in [-0.4, -0.2) is 19.2 Å². The highest BCUT2D eigenvalue weighted by molar-refractivity contribution is 7.92. The zero-order valence-electron chi connectivity index (χ0n) is 19.8. The summed E-state index contributed by atoms with van der Waals surface area (Å²) in [5, 5.41) is 0.869. The average molecular weight is 495 g/mol. The number of para-hydroxylation sites is 1. The van der Waals surface area contributed by atoms with Crippen LogP contribution in [-0.2, 0) is 10.0 Å². The summed E-state index contributed by atoms with van der Waals surface area (Å²) >= 11 is 0. The summed E-state index contributed by atoms with van der Waals surface area (Å²) in [6, 6.07) is 33.3. The van der Waals surface area contributed by atoms with Gasteiger partial charge in [0.05, 0.1) is 4.90 Å². The quantitative estimate of drug-likeness (QED) is 0.236. The fourth-order valence-electron chi connectivity index (χ4n) is 4.52. The van der Waals surface area contributed by atoms with Crippen molar-refractivity contribution in [2.45, 2.75) is 24.2 Å². The SMILES string of the molecule is Cc1ccc(S(=O)(=O)Nc2[nH]c3ccccc3c2C(CC(=O)c2ccccc2)c2ccccc2)cc1. The number of hydrogen-bond donors (Lipinski definition) is 2. The molecule has 0 radical (unpaired) electrons. The van der Waals surface area contributed by atoms with Crippen LogP contribution in [0, 0.1) is 6.92 Å². The number of rotatable bonds is 8. The highest BCUT2D eigenvalue weighted by Gasteiger charge is 2.28. The molecule has 36 heavy (non-hydrogen) atoms. The van der Waals surface area contributed by atoms with Crippen LogP contribution < -0.4 is 4.72 Å². The number of carbonyl (C=O) groups excluding carboxylic acids is 1. The van der Waals surface area contributed by atoms with Gasteiger partial charge in [0.15, 0.2) is 5.78 Å². The summed E-state index contributed by atoms with van der Waals surface area (Å²) in [6.07, 6.45) is 0.190. The van der Waals surface area contributed by atoms with Crippen molar-refractivity contribution in [3.8, 4) is 0 Å². The summed E-state index contributed by atoms with van der Waals surface area (Å²) < 4.78 is 29.5. The van der Waals surface area contributed by atoms with Crippen molar-refractivity contribution in [2.24, 2.45) is 0 Å². The lowest BCUT2D eigenvalue weighted by Gasteiger charge is -2.19.